The Morgan fingerprint density at radius 3 is 2.53 bits per heavy atom. The second-order valence-electron chi connectivity index (χ2n) is 8.26. The maximum absolute atomic E-state index is 12.8. The third kappa shape index (κ3) is 4.37. The van der Waals surface area contributed by atoms with E-state index in [1.807, 2.05) is 42.5 Å². The van der Waals surface area contributed by atoms with Crippen LogP contribution in [0.1, 0.15) is 18.4 Å². The zero-order valence-corrected chi connectivity index (χ0v) is 18.1. The number of carbonyl (C=O) groups is 1. The minimum Gasteiger partial charge on any atom is -0.486 e. The van der Waals surface area contributed by atoms with Crippen LogP contribution in [0.3, 0.4) is 0 Å². The number of aromatic nitrogens is 2. The van der Waals surface area contributed by atoms with Crippen LogP contribution < -0.4 is 19.7 Å². The van der Waals surface area contributed by atoms with Gasteiger partial charge in [0.25, 0.3) is 0 Å². The van der Waals surface area contributed by atoms with E-state index in [0.29, 0.717) is 19.0 Å². The molecule has 2 aromatic carbocycles. The van der Waals surface area contributed by atoms with Crippen LogP contribution in [0.15, 0.2) is 54.6 Å². The van der Waals surface area contributed by atoms with Gasteiger partial charge < -0.3 is 19.7 Å². The molecule has 7 nitrogen and oxygen atoms in total. The molecular weight excluding hydrogens is 404 g/mol. The predicted molar refractivity (Wildman–Crippen MR) is 123 cm³/mol. The standard InChI is InChI=1S/C25H26N4O3/c1-17-3-2-4-19(15-17)21-6-8-24(28-27-21)29-11-9-18(10-12-29)25(30)26-20-5-7-22-23(16-20)32-14-13-31-22/h2-8,15-16,18H,9-14H2,1H3,(H,26,30). The van der Waals surface area contributed by atoms with Crippen LogP contribution >= 0.6 is 0 Å². The maximum atomic E-state index is 12.8. The van der Waals surface area contributed by atoms with Crippen molar-refractivity contribution in [2.75, 3.05) is 36.5 Å². The summed E-state index contributed by atoms with van der Waals surface area (Å²) >= 11 is 0. The normalized spacial score (nSPS) is 16.0. The van der Waals surface area contributed by atoms with Gasteiger partial charge in [0.1, 0.15) is 13.2 Å². The number of carbonyl (C=O) groups excluding carboxylic acids is 1. The van der Waals surface area contributed by atoms with E-state index in [1.54, 1.807) is 0 Å². The van der Waals surface area contributed by atoms with Gasteiger partial charge in [0, 0.05) is 36.3 Å². The highest BCUT2D eigenvalue weighted by atomic mass is 16.6. The van der Waals surface area contributed by atoms with Crippen LogP contribution in [-0.4, -0.2) is 42.4 Å². The monoisotopic (exact) mass is 430 g/mol. The highest BCUT2D eigenvalue weighted by Gasteiger charge is 2.26. The number of fused-ring (bicyclic) bond motifs is 1. The number of nitrogens with zero attached hydrogens (tertiary/aromatic N) is 3. The summed E-state index contributed by atoms with van der Waals surface area (Å²) in [5, 5.41) is 11.9. The second kappa shape index (κ2) is 8.86. The summed E-state index contributed by atoms with van der Waals surface area (Å²) in [4.78, 5) is 15.0. The molecule has 7 heteroatoms. The van der Waals surface area contributed by atoms with Gasteiger partial charge >= 0.3 is 0 Å². The van der Waals surface area contributed by atoms with Crippen molar-refractivity contribution in [3.8, 4) is 22.8 Å². The molecule has 1 aromatic heterocycles. The molecule has 32 heavy (non-hydrogen) atoms. The number of hydrogen-bond donors (Lipinski definition) is 1. The van der Waals surface area contributed by atoms with Crippen LogP contribution in [-0.2, 0) is 4.79 Å². The minimum atomic E-state index is -0.0287. The van der Waals surface area contributed by atoms with Gasteiger partial charge in [-0.15, -0.1) is 10.2 Å². The largest absolute Gasteiger partial charge is 0.486 e. The van der Waals surface area contributed by atoms with E-state index < -0.39 is 0 Å². The average molecular weight is 431 g/mol. The molecule has 3 aromatic rings. The molecular formula is C25H26N4O3. The number of hydrogen-bond acceptors (Lipinski definition) is 6. The maximum Gasteiger partial charge on any atom is 0.227 e. The van der Waals surface area contributed by atoms with Crippen LogP contribution in [0.5, 0.6) is 11.5 Å². The Labute approximate surface area is 187 Å². The first kappa shape index (κ1) is 20.3. The number of benzene rings is 2. The summed E-state index contributed by atoms with van der Waals surface area (Å²) in [6.45, 7) is 4.70. The van der Waals surface area contributed by atoms with Gasteiger partial charge in [-0.2, -0.15) is 0 Å². The molecule has 5 rings (SSSR count). The van der Waals surface area contributed by atoms with E-state index in [1.165, 1.54) is 5.56 Å². The first-order chi connectivity index (χ1) is 15.7. The Balaban J connectivity index is 1.17. The van der Waals surface area contributed by atoms with Crippen molar-refractivity contribution in [2.45, 2.75) is 19.8 Å². The molecule has 1 N–H and O–H groups in total. The van der Waals surface area contributed by atoms with Gasteiger partial charge in [-0.1, -0.05) is 23.8 Å². The van der Waals surface area contributed by atoms with E-state index in [2.05, 4.69) is 39.5 Å². The molecule has 0 bridgehead atoms. The lowest BCUT2D eigenvalue weighted by atomic mass is 9.95. The SMILES string of the molecule is Cc1cccc(-c2ccc(N3CCC(C(=O)Nc4ccc5c(c4)OCCO5)CC3)nn2)c1. The molecule has 0 spiro atoms. The molecule has 1 amide bonds. The average Bonchev–Trinajstić information content (AvgIpc) is 2.84. The van der Waals surface area contributed by atoms with Gasteiger partial charge in [0.2, 0.25) is 5.91 Å². The molecule has 1 fully saturated rings. The smallest absolute Gasteiger partial charge is 0.227 e. The molecule has 0 saturated carbocycles. The zero-order valence-electron chi connectivity index (χ0n) is 18.1. The molecule has 0 aliphatic carbocycles. The zero-order chi connectivity index (χ0) is 21.9. The first-order valence-corrected chi connectivity index (χ1v) is 11.0. The summed E-state index contributed by atoms with van der Waals surface area (Å²) in [5.41, 5.74) is 3.87. The van der Waals surface area contributed by atoms with Crippen molar-refractivity contribution in [3.05, 3.63) is 60.2 Å². The third-order valence-corrected chi connectivity index (χ3v) is 5.96. The Kier molecular flexibility index (Phi) is 5.62. The number of nitrogens with one attached hydrogen (secondary N) is 1. The van der Waals surface area contributed by atoms with Crippen molar-refractivity contribution in [3.63, 3.8) is 0 Å². The van der Waals surface area contributed by atoms with Crippen LogP contribution in [0.4, 0.5) is 11.5 Å². The fraction of sp³-hybridized carbons (Fsp3) is 0.320. The van der Waals surface area contributed by atoms with Crippen molar-refractivity contribution in [1.82, 2.24) is 10.2 Å². The summed E-state index contributed by atoms with van der Waals surface area (Å²) in [6.07, 6.45) is 1.55. The van der Waals surface area contributed by atoms with Crippen LogP contribution in [0.25, 0.3) is 11.3 Å². The number of aryl methyl sites for hydroxylation is 1. The van der Waals surface area contributed by atoms with Gasteiger partial charge in [0.05, 0.1) is 5.69 Å². The van der Waals surface area contributed by atoms with Crippen molar-refractivity contribution >= 4 is 17.4 Å². The van der Waals surface area contributed by atoms with Gasteiger partial charge in [-0.05, 0) is 50.1 Å². The predicted octanol–water partition coefficient (Wildman–Crippen LogP) is 4.08. The highest BCUT2D eigenvalue weighted by molar-refractivity contribution is 5.93. The Bertz CT molecular complexity index is 1110. The van der Waals surface area contributed by atoms with Crippen molar-refractivity contribution in [2.24, 2.45) is 5.92 Å². The molecule has 0 unspecified atom stereocenters. The molecule has 3 heterocycles. The van der Waals surface area contributed by atoms with Crippen LogP contribution in [0.2, 0.25) is 0 Å². The first-order valence-electron chi connectivity index (χ1n) is 11.0. The lowest BCUT2D eigenvalue weighted by Crippen LogP contribution is -2.38. The fourth-order valence-electron chi connectivity index (χ4n) is 4.19. The summed E-state index contributed by atoms with van der Waals surface area (Å²) in [6, 6.07) is 17.8. The van der Waals surface area contributed by atoms with Crippen molar-refractivity contribution in [1.29, 1.82) is 0 Å². The van der Waals surface area contributed by atoms with Gasteiger partial charge in [-0.25, -0.2) is 0 Å². The van der Waals surface area contributed by atoms with Crippen molar-refractivity contribution < 1.29 is 14.3 Å². The Morgan fingerprint density at radius 2 is 1.78 bits per heavy atom. The quantitative estimate of drug-likeness (QED) is 0.672. The molecule has 1 saturated heterocycles. The van der Waals surface area contributed by atoms with Crippen LogP contribution in [0, 0.1) is 12.8 Å². The lowest BCUT2D eigenvalue weighted by Gasteiger charge is -2.32. The number of rotatable bonds is 4. The Hall–Kier alpha value is -3.61. The fourth-order valence-corrected chi connectivity index (χ4v) is 4.19. The molecule has 164 valence electrons. The third-order valence-electron chi connectivity index (χ3n) is 5.96. The topological polar surface area (TPSA) is 76.6 Å². The molecule has 0 atom stereocenters. The second-order valence-corrected chi connectivity index (χ2v) is 8.26. The van der Waals surface area contributed by atoms with E-state index in [4.69, 9.17) is 9.47 Å². The number of amides is 1. The van der Waals surface area contributed by atoms with E-state index in [-0.39, 0.29) is 11.8 Å². The van der Waals surface area contributed by atoms with E-state index in [9.17, 15) is 4.79 Å². The number of ether oxygens (including phenoxy) is 2. The number of anilines is 2. The van der Waals surface area contributed by atoms with E-state index in [0.717, 1.165) is 54.4 Å². The van der Waals surface area contributed by atoms with Gasteiger partial charge in [0.15, 0.2) is 17.3 Å². The highest BCUT2D eigenvalue weighted by Crippen LogP contribution is 2.33. The molecule has 2 aliphatic rings. The Morgan fingerprint density at radius 1 is 0.969 bits per heavy atom. The lowest BCUT2D eigenvalue weighted by molar-refractivity contribution is -0.120. The summed E-state index contributed by atoms with van der Waals surface area (Å²) < 4.78 is 11.1. The number of piperidine rings is 1. The summed E-state index contributed by atoms with van der Waals surface area (Å²) in [7, 11) is 0. The minimum absolute atomic E-state index is 0.0287. The van der Waals surface area contributed by atoms with Gasteiger partial charge in [-0.3, -0.25) is 4.79 Å². The summed E-state index contributed by atoms with van der Waals surface area (Å²) in [5.74, 6) is 2.27. The molecule has 2 aliphatic heterocycles. The van der Waals surface area contributed by atoms with E-state index >= 15 is 0 Å². The molecule has 0 radical (unpaired) electrons.